The van der Waals surface area contributed by atoms with Crippen LogP contribution in [0.15, 0.2) is 249 Å². The third kappa shape index (κ3) is 6.47. The summed E-state index contributed by atoms with van der Waals surface area (Å²) in [4.78, 5) is 4.99. The molecule has 300 valence electrons. The quantitative estimate of drug-likeness (QED) is 0.142. The van der Waals surface area contributed by atoms with Gasteiger partial charge in [0.25, 0.3) is 6.71 Å². The Morgan fingerprint density at radius 1 is 0.266 bits per heavy atom. The predicted octanol–water partition coefficient (Wildman–Crippen LogP) is 14.2. The summed E-state index contributed by atoms with van der Waals surface area (Å²) >= 11 is 0. The molecule has 4 heteroatoms. The molecule has 0 saturated carbocycles. The SMILES string of the molecule is c1ccc(Oc2cc3c4c(c2)N(c2ccccc2-c2ccccc2)c2ccc(-c5ccccc5)cc2B4c2cc(-c4ccccc4)ccc2N3c2ccccc2-c2ccccc2)cc1. The molecule has 0 bridgehead atoms. The number of benzene rings is 10. The van der Waals surface area contributed by atoms with Crippen molar-refractivity contribution in [3.63, 3.8) is 0 Å². The lowest BCUT2D eigenvalue weighted by atomic mass is 9.33. The normalized spacial score (nSPS) is 12.3. The molecule has 0 spiro atoms. The van der Waals surface area contributed by atoms with Crippen LogP contribution in [0.25, 0.3) is 44.5 Å². The van der Waals surface area contributed by atoms with E-state index in [0.29, 0.717) is 0 Å². The Hall–Kier alpha value is -8.34. The minimum Gasteiger partial charge on any atom is -0.457 e. The van der Waals surface area contributed by atoms with Gasteiger partial charge in [-0.1, -0.05) is 200 Å². The molecule has 10 aromatic carbocycles. The average Bonchev–Trinajstić information content (AvgIpc) is 3.37. The maximum Gasteiger partial charge on any atom is 0.252 e. The molecular weight excluding hydrogens is 775 g/mol. The fourth-order valence-corrected chi connectivity index (χ4v) is 9.86. The van der Waals surface area contributed by atoms with Crippen LogP contribution in [-0.4, -0.2) is 6.71 Å². The van der Waals surface area contributed by atoms with E-state index < -0.39 is 0 Å². The molecule has 12 rings (SSSR count). The number of ether oxygens (including phenoxy) is 1. The van der Waals surface area contributed by atoms with Gasteiger partial charge in [-0.2, -0.15) is 0 Å². The van der Waals surface area contributed by atoms with Crippen molar-refractivity contribution in [2.24, 2.45) is 0 Å². The Bertz CT molecular complexity index is 3100. The van der Waals surface area contributed by atoms with Crippen molar-refractivity contribution in [1.82, 2.24) is 0 Å². The van der Waals surface area contributed by atoms with Crippen LogP contribution in [0.3, 0.4) is 0 Å². The number of rotatable bonds is 8. The van der Waals surface area contributed by atoms with Gasteiger partial charge >= 0.3 is 0 Å². The largest absolute Gasteiger partial charge is 0.457 e. The molecule has 2 heterocycles. The van der Waals surface area contributed by atoms with E-state index >= 15 is 0 Å². The Labute approximate surface area is 374 Å². The summed E-state index contributed by atoms with van der Waals surface area (Å²) in [5, 5.41) is 0. The van der Waals surface area contributed by atoms with Gasteiger partial charge in [-0.3, -0.25) is 0 Å². The third-order valence-electron chi connectivity index (χ3n) is 12.7. The molecule has 0 aromatic heterocycles. The molecule has 2 aliphatic rings. The lowest BCUT2D eigenvalue weighted by Crippen LogP contribution is -2.61. The molecule has 0 atom stereocenters. The second-order valence-corrected chi connectivity index (χ2v) is 16.4. The number of hydrogen-bond acceptors (Lipinski definition) is 3. The van der Waals surface area contributed by atoms with E-state index in [0.717, 1.165) is 67.9 Å². The van der Waals surface area contributed by atoms with Crippen LogP contribution in [0.1, 0.15) is 0 Å². The summed E-state index contributed by atoms with van der Waals surface area (Å²) in [5.74, 6) is 1.54. The highest BCUT2D eigenvalue weighted by molar-refractivity contribution is 7.00. The second-order valence-electron chi connectivity index (χ2n) is 16.4. The third-order valence-corrected chi connectivity index (χ3v) is 12.7. The zero-order valence-electron chi connectivity index (χ0n) is 35.1. The Morgan fingerprint density at radius 3 is 1.08 bits per heavy atom. The Balaban J connectivity index is 1.21. The molecule has 2 aliphatic heterocycles. The standard InChI is InChI=1S/C60H41BN2O/c1-6-20-42(21-7-1)46-34-36-56-52(38-46)61-53-39-47(43-22-8-2-9-23-43)35-37-57(53)63(55-33-19-17-31-51(55)45-26-12-4-13-27-45)59-41-49(64-48-28-14-5-15-29-48)40-58(60(59)61)62(56)54-32-18-16-30-50(54)44-24-10-3-11-25-44/h1-41H. The van der Waals surface area contributed by atoms with E-state index in [4.69, 9.17) is 4.74 Å². The van der Waals surface area contributed by atoms with Gasteiger partial charge in [0.15, 0.2) is 0 Å². The van der Waals surface area contributed by atoms with E-state index in [-0.39, 0.29) is 6.71 Å². The van der Waals surface area contributed by atoms with Crippen molar-refractivity contribution < 1.29 is 4.74 Å². The van der Waals surface area contributed by atoms with Crippen LogP contribution in [0.4, 0.5) is 34.1 Å². The van der Waals surface area contributed by atoms with Gasteiger partial charge < -0.3 is 14.5 Å². The first-order chi connectivity index (χ1) is 31.8. The summed E-state index contributed by atoms with van der Waals surface area (Å²) in [6.07, 6.45) is 0. The van der Waals surface area contributed by atoms with Gasteiger partial charge in [0.2, 0.25) is 0 Å². The minimum atomic E-state index is -0.117. The lowest BCUT2D eigenvalue weighted by Gasteiger charge is -2.45. The summed E-state index contributed by atoms with van der Waals surface area (Å²) < 4.78 is 6.92. The molecule has 0 unspecified atom stereocenters. The van der Waals surface area contributed by atoms with Crippen molar-refractivity contribution >= 4 is 57.2 Å². The number of fused-ring (bicyclic) bond motifs is 4. The van der Waals surface area contributed by atoms with Crippen molar-refractivity contribution in [3.8, 4) is 56.0 Å². The molecule has 0 N–H and O–H groups in total. The maximum atomic E-state index is 6.92. The monoisotopic (exact) mass is 816 g/mol. The molecule has 64 heavy (non-hydrogen) atoms. The van der Waals surface area contributed by atoms with E-state index in [1.54, 1.807) is 0 Å². The minimum absolute atomic E-state index is 0.117. The highest BCUT2D eigenvalue weighted by atomic mass is 16.5. The zero-order chi connectivity index (χ0) is 42.4. The van der Waals surface area contributed by atoms with Crippen LogP contribution < -0.4 is 30.9 Å². The molecule has 0 saturated heterocycles. The van der Waals surface area contributed by atoms with Gasteiger partial charge in [-0.05, 0) is 86.2 Å². The Kier molecular flexibility index (Phi) is 9.27. The van der Waals surface area contributed by atoms with Gasteiger partial charge in [0, 0.05) is 46.0 Å². The molecular formula is C60H41BN2O. The predicted molar refractivity (Wildman–Crippen MR) is 269 cm³/mol. The van der Waals surface area contributed by atoms with Gasteiger partial charge in [0.1, 0.15) is 11.5 Å². The first-order valence-corrected chi connectivity index (χ1v) is 22.0. The van der Waals surface area contributed by atoms with E-state index in [1.165, 1.54) is 38.6 Å². The smallest absolute Gasteiger partial charge is 0.252 e. The van der Waals surface area contributed by atoms with Crippen LogP contribution in [0, 0.1) is 0 Å². The fraction of sp³-hybridized carbons (Fsp3) is 0. The zero-order valence-corrected chi connectivity index (χ0v) is 35.1. The molecule has 10 aromatic rings. The number of anilines is 6. The highest BCUT2D eigenvalue weighted by Crippen LogP contribution is 2.50. The second kappa shape index (κ2) is 15.8. The van der Waals surface area contributed by atoms with E-state index in [2.05, 4.69) is 228 Å². The van der Waals surface area contributed by atoms with Gasteiger partial charge in [0.05, 0.1) is 11.4 Å². The Morgan fingerprint density at radius 2 is 0.641 bits per heavy atom. The van der Waals surface area contributed by atoms with Crippen molar-refractivity contribution in [2.75, 3.05) is 9.80 Å². The van der Waals surface area contributed by atoms with Gasteiger partial charge in [-0.15, -0.1) is 0 Å². The van der Waals surface area contributed by atoms with Crippen LogP contribution >= 0.6 is 0 Å². The molecule has 0 radical (unpaired) electrons. The summed E-state index contributed by atoms with van der Waals surface area (Å²) in [5.41, 5.74) is 19.7. The average molecular weight is 817 g/mol. The number of nitrogens with zero attached hydrogens (tertiary/aromatic N) is 2. The molecule has 0 fully saturated rings. The maximum absolute atomic E-state index is 6.92. The van der Waals surface area contributed by atoms with Crippen LogP contribution in [0.5, 0.6) is 11.5 Å². The van der Waals surface area contributed by atoms with Crippen LogP contribution in [0.2, 0.25) is 0 Å². The fourth-order valence-electron chi connectivity index (χ4n) is 9.86. The topological polar surface area (TPSA) is 15.7 Å². The summed E-state index contributed by atoms with van der Waals surface area (Å²) in [6, 6.07) is 89.5. The van der Waals surface area contributed by atoms with E-state index in [1.807, 2.05) is 30.3 Å². The highest BCUT2D eigenvalue weighted by Gasteiger charge is 2.44. The van der Waals surface area contributed by atoms with Crippen LogP contribution in [-0.2, 0) is 0 Å². The van der Waals surface area contributed by atoms with Crippen molar-refractivity contribution in [3.05, 3.63) is 249 Å². The lowest BCUT2D eigenvalue weighted by molar-refractivity contribution is 0.483. The number of hydrogen-bond donors (Lipinski definition) is 0. The van der Waals surface area contributed by atoms with Crippen molar-refractivity contribution in [2.45, 2.75) is 0 Å². The summed E-state index contributed by atoms with van der Waals surface area (Å²) in [7, 11) is 0. The van der Waals surface area contributed by atoms with Crippen molar-refractivity contribution in [1.29, 1.82) is 0 Å². The molecule has 0 aliphatic carbocycles. The first kappa shape index (κ1) is 37.4. The molecule has 3 nitrogen and oxygen atoms in total. The van der Waals surface area contributed by atoms with Gasteiger partial charge in [-0.25, -0.2) is 0 Å². The number of para-hydroxylation sites is 3. The molecule has 0 amide bonds. The van der Waals surface area contributed by atoms with E-state index in [9.17, 15) is 0 Å². The first-order valence-electron chi connectivity index (χ1n) is 22.0. The summed E-state index contributed by atoms with van der Waals surface area (Å²) in [6.45, 7) is -0.117.